The fraction of sp³-hybridized carbons (Fsp3) is 0.444. The zero-order chi connectivity index (χ0) is 21.9. The smallest absolute Gasteiger partial charge is 0.147 e. The van der Waals surface area contributed by atoms with Crippen LogP contribution in [0, 0.1) is 26.2 Å². The maximum absolute atomic E-state index is 5.99. The lowest BCUT2D eigenvalue weighted by molar-refractivity contribution is 0.277. The van der Waals surface area contributed by atoms with Gasteiger partial charge in [0.2, 0.25) is 0 Å². The summed E-state index contributed by atoms with van der Waals surface area (Å²) in [6.07, 6.45) is 12.4. The molecule has 0 unspecified atom stereocenters. The molecule has 1 aliphatic heterocycles. The Morgan fingerprint density at radius 3 is 2.25 bits per heavy atom. The average molecular weight is 427 g/mol. The van der Waals surface area contributed by atoms with Crippen molar-refractivity contribution in [2.24, 2.45) is 5.41 Å². The molecule has 0 N–H and O–H groups in total. The predicted molar refractivity (Wildman–Crippen MR) is 127 cm³/mol. The summed E-state index contributed by atoms with van der Waals surface area (Å²) in [6, 6.07) is 6.48. The third-order valence-corrected chi connectivity index (χ3v) is 7.62. The van der Waals surface area contributed by atoms with Crippen molar-refractivity contribution in [1.82, 2.24) is 15.1 Å². The quantitative estimate of drug-likeness (QED) is 0.511. The summed E-state index contributed by atoms with van der Waals surface area (Å²) >= 11 is 0. The summed E-state index contributed by atoms with van der Waals surface area (Å²) in [6.45, 7) is 8.40. The van der Waals surface area contributed by atoms with Crippen LogP contribution in [-0.4, -0.2) is 28.2 Å². The van der Waals surface area contributed by atoms with Crippen molar-refractivity contribution in [3.63, 3.8) is 0 Å². The number of piperidine rings is 1. The number of allylic oxidation sites excluding steroid dienone is 2. The molecule has 0 bridgehead atoms. The van der Waals surface area contributed by atoms with Crippen LogP contribution in [0.5, 0.6) is 0 Å². The van der Waals surface area contributed by atoms with Gasteiger partial charge in [-0.05, 0) is 75.0 Å². The molecule has 2 aromatic heterocycles. The highest BCUT2D eigenvalue weighted by Crippen LogP contribution is 2.56. The van der Waals surface area contributed by atoms with Crippen LogP contribution in [0.15, 0.2) is 41.2 Å². The Kier molecular flexibility index (Phi) is 4.49. The van der Waals surface area contributed by atoms with Crippen molar-refractivity contribution in [3.8, 4) is 11.3 Å². The predicted octanol–water partition coefficient (Wildman–Crippen LogP) is 6.01. The van der Waals surface area contributed by atoms with Crippen molar-refractivity contribution < 1.29 is 4.52 Å². The monoisotopic (exact) mass is 426 g/mol. The van der Waals surface area contributed by atoms with Gasteiger partial charge in [0, 0.05) is 30.1 Å². The minimum atomic E-state index is 0.313. The van der Waals surface area contributed by atoms with Crippen molar-refractivity contribution in [1.29, 1.82) is 0 Å². The first-order valence-corrected chi connectivity index (χ1v) is 11.8. The number of rotatable bonds is 4. The molecule has 5 heteroatoms. The van der Waals surface area contributed by atoms with E-state index >= 15 is 0 Å². The largest absolute Gasteiger partial charge is 0.369 e. The maximum atomic E-state index is 5.99. The molecular formula is C27H30N4O. The lowest BCUT2D eigenvalue weighted by atomic mass is 9.63. The second-order valence-electron chi connectivity index (χ2n) is 10.00. The highest BCUT2D eigenvalue weighted by molar-refractivity contribution is 5.86. The number of anilines is 1. The van der Waals surface area contributed by atoms with Gasteiger partial charge in [-0.1, -0.05) is 29.4 Å². The molecule has 3 heterocycles. The first-order chi connectivity index (χ1) is 15.5. The van der Waals surface area contributed by atoms with Crippen LogP contribution in [-0.2, 0) is 0 Å². The van der Waals surface area contributed by atoms with Crippen LogP contribution < -0.4 is 4.90 Å². The summed E-state index contributed by atoms with van der Waals surface area (Å²) in [5, 5.41) is 4.63. The van der Waals surface area contributed by atoms with Crippen molar-refractivity contribution in [3.05, 3.63) is 64.9 Å². The van der Waals surface area contributed by atoms with E-state index in [1.807, 2.05) is 19.3 Å². The van der Waals surface area contributed by atoms with Gasteiger partial charge in [0.05, 0.1) is 18.1 Å². The third-order valence-electron chi connectivity index (χ3n) is 7.62. The van der Waals surface area contributed by atoms with Gasteiger partial charge in [-0.25, -0.2) is 9.97 Å². The first-order valence-electron chi connectivity index (χ1n) is 11.8. The normalized spacial score (nSPS) is 19.7. The Morgan fingerprint density at radius 2 is 1.62 bits per heavy atom. The SMILES string of the molecule is Cc1ncc(N2CCC3(C=C(c4c(-c5c(C)cccc5C)noc4C4CC4)C3)CC2)cn1. The van der Waals surface area contributed by atoms with Gasteiger partial charge >= 0.3 is 0 Å². The van der Waals surface area contributed by atoms with Crippen LogP contribution in [0.3, 0.4) is 0 Å². The molecule has 5 nitrogen and oxygen atoms in total. The molecule has 0 amide bonds. The number of aromatic nitrogens is 3. The number of aryl methyl sites for hydroxylation is 3. The third kappa shape index (κ3) is 3.26. The summed E-state index contributed by atoms with van der Waals surface area (Å²) in [4.78, 5) is 11.2. The van der Waals surface area contributed by atoms with E-state index in [1.165, 1.54) is 53.5 Å². The highest BCUT2D eigenvalue weighted by atomic mass is 16.5. The van der Waals surface area contributed by atoms with E-state index < -0.39 is 0 Å². The van der Waals surface area contributed by atoms with Crippen LogP contribution in [0.4, 0.5) is 5.69 Å². The molecule has 1 saturated carbocycles. The average Bonchev–Trinajstić information content (AvgIpc) is 3.53. The lowest BCUT2D eigenvalue weighted by Gasteiger charge is -2.46. The van der Waals surface area contributed by atoms with Crippen LogP contribution >= 0.6 is 0 Å². The first kappa shape index (κ1) is 19.7. The molecule has 164 valence electrons. The minimum Gasteiger partial charge on any atom is -0.369 e. The van der Waals surface area contributed by atoms with E-state index in [0.717, 1.165) is 42.5 Å². The molecule has 3 aromatic rings. The minimum absolute atomic E-state index is 0.313. The zero-order valence-electron chi connectivity index (χ0n) is 19.2. The molecular weight excluding hydrogens is 396 g/mol. The van der Waals surface area contributed by atoms with E-state index in [-0.39, 0.29) is 0 Å². The van der Waals surface area contributed by atoms with Gasteiger partial charge in [0.15, 0.2) is 0 Å². The summed E-state index contributed by atoms with van der Waals surface area (Å²) in [7, 11) is 0. The maximum Gasteiger partial charge on any atom is 0.147 e. The molecule has 2 fully saturated rings. The molecule has 2 aliphatic carbocycles. The highest BCUT2D eigenvalue weighted by Gasteiger charge is 2.44. The number of hydrogen-bond acceptors (Lipinski definition) is 5. The van der Waals surface area contributed by atoms with E-state index in [4.69, 9.17) is 4.52 Å². The van der Waals surface area contributed by atoms with Gasteiger partial charge in [-0.3, -0.25) is 0 Å². The second-order valence-corrected chi connectivity index (χ2v) is 10.00. The molecule has 1 spiro atoms. The molecule has 3 aliphatic rings. The molecule has 0 radical (unpaired) electrons. The van der Waals surface area contributed by atoms with Crippen molar-refractivity contribution in [2.75, 3.05) is 18.0 Å². The van der Waals surface area contributed by atoms with Crippen LogP contribution in [0.2, 0.25) is 0 Å². The molecule has 32 heavy (non-hydrogen) atoms. The van der Waals surface area contributed by atoms with Crippen molar-refractivity contribution in [2.45, 2.75) is 58.8 Å². The fourth-order valence-electron chi connectivity index (χ4n) is 5.56. The number of benzene rings is 1. The second kappa shape index (κ2) is 7.29. The van der Waals surface area contributed by atoms with E-state index in [0.29, 0.717) is 11.3 Å². The van der Waals surface area contributed by atoms with Gasteiger partial charge in [-0.2, -0.15) is 0 Å². The molecule has 0 atom stereocenters. The number of nitrogens with zero attached hydrogens (tertiary/aromatic N) is 4. The Labute approximate surface area is 189 Å². The summed E-state index contributed by atoms with van der Waals surface area (Å²) < 4.78 is 5.99. The Morgan fingerprint density at radius 1 is 0.969 bits per heavy atom. The molecule has 1 saturated heterocycles. The van der Waals surface area contributed by atoms with Crippen LogP contribution in [0.1, 0.15) is 66.3 Å². The molecule has 1 aromatic carbocycles. The summed E-state index contributed by atoms with van der Waals surface area (Å²) in [5.74, 6) is 2.50. The van der Waals surface area contributed by atoms with Crippen LogP contribution in [0.25, 0.3) is 16.8 Å². The Hall–Kier alpha value is -2.95. The fourth-order valence-corrected chi connectivity index (χ4v) is 5.56. The zero-order valence-corrected chi connectivity index (χ0v) is 19.2. The Bertz CT molecular complexity index is 1170. The van der Waals surface area contributed by atoms with E-state index in [2.05, 4.69) is 58.1 Å². The van der Waals surface area contributed by atoms with Gasteiger partial charge < -0.3 is 9.42 Å². The number of hydrogen-bond donors (Lipinski definition) is 0. The van der Waals surface area contributed by atoms with E-state index in [9.17, 15) is 0 Å². The standard InChI is InChI=1S/C27H30N4O/c1-17-5-4-6-18(2)23(17)25-24(26(32-30-25)20-7-8-20)21-13-27(14-21)9-11-31(12-10-27)22-15-28-19(3)29-16-22/h4-6,13,15-16,20H,7-12,14H2,1-3H3. The van der Waals surface area contributed by atoms with Crippen molar-refractivity contribution >= 4 is 11.3 Å². The molecule has 6 rings (SSSR count). The Balaban J connectivity index is 1.28. The van der Waals surface area contributed by atoms with Gasteiger partial charge in [0.1, 0.15) is 17.3 Å². The summed E-state index contributed by atoms with van der Waals surface area (Å²) in [5.41, 5.74) is 9.03. The van der Waals surface area contributed by atoms with Gasteiger partial charge in [0.25, 0.3) is 0 Å². The van der Waals surface area contributed by atoms with Gasteiger partial charge in [-0.15, -0.1) is 0 Å². The van der Waals surface area contributed by atoms with E-state index in [1.54, 1.807) is 0 Å². The topological polar surface area (TPSA) is 55.1 Å². The lowest BCUT2D eigenvalue weighted by Crippen LogP contribution is -2.42.